The van der Waals surface area contributed by atoms with Crippen LogP contribution >= 0.6 is 0 Å². The van der Waals surface area contributed by atoms with Crippen molar-refractivity contribution in [2.75, 3.05) is 5.32 Å². The number of hydrogen-bond acceptors (Lipinski definition) is 2. The normalized spacial score (nSPS) is 11.9. The summed E-state index contributed by atoms with van der Waals surface area (Å²) >= 11 is 0. The molecule has 0 aliphatic rings. The molecule has 0 aliphatic heterocycles. The summed E-state index contributed by atoms with van der Waals surface area (Å²) in [6.45, 7) is 7.99. The number of amides is 2. The van der Waals surface area contributed by atoms with E-state index in [-0.39, 0.29) is 17.7 Å². The van der Waals surface area contributed by atoms with Gasteiger partial charge in [0, 0.05) is 12.1 Å². The zero-order valence-corrected chi connectivity index (χ0v) is 15.3. The van der Waals surface area contributed by atoms with Crippen molar-refractivity contribution in [1.29, 1.82) is 0 Å². The topological polar surface area (TPSA) is 58.2 Å². The minimum Gasteiger partial charge on any atom is -0.341 e. The van der Waals surface area contributed by atoms with Gasteiger partial charge in [-0.05, 0) is 48.6 Å². The maximum Gasteiger partial charge on any atom is 0.251 e. The molecule has 2 aromatic rings. The number of nitrogens with one attached hydrogen (secondary N) is 2. The second kappa shape index (κ2) is 8.47. The van der Waals surface area contributed by atoms with E-state index in [2.05, 4.69) is 10.6 Å². The Morgan fingerprint density at radius 2 is 1.64 bits per heavy atom. The predicted octanol–water partition coefficient (Wildman–Crippen LogP) is 4.15. The lowest BCUT2D eigenvalue weighted by molar-refractivity contribution is -0.127. The molecule has 0 heterocycles. The summed E-state index contributed by atoms with van der Waals surface area (Å²) in [7, 11) is 0. The molecular formula is C21H26N2O2. The van der Waals surface area contributed by atoms with Gasteiger partial charge in [-0.15, -0.1) is 0 Å². The first-order chi connectivity index (χ1) is 11.9. The zero-order chi connectivity index (χ0) is 18.4. The van der Waals surface area contributed by atoms with E-state index in [0.29, 0.717) is 6.42 Å². The number of hydrogen-bond donors (Lipinski definition) is 2. The van der Waals surface area contributed by atoms with Crippen molar-refractivity contribution < 1.29 is 9.59 Å². The Hall–Kier alpha value is -2.62. The number of rotatable bonds is 6. The first kappa shape index (κ1) is 18.7. The van der Waals surface area contributed by atoms with Crippen LogP contribution in [0.15, 0.2) is 48.5 Å². The molecule has 0 aromatic heterocycles. The van der Waals surface area contributed by atoms with E-state index in [9.17, 15) is 9.59 Å². The smallest absolute Gasteiger partial charge is 0.251 e. The SMILES string of the molecule is Cc1ccc(NC(=O)C(NC(=O)CC(C)C)c2ccccc2)cc1C. The number of aryl methyl sites for hydroxylation is 2. The van der Waals surface area contributed by atoms with Crippen molar-refractivity contribution in [3.63, 3.8) is 0 Å². The highest BCUT2D eigenvalue weighted by atomic mass is 16.2. The van der Waals surface area contributed by atoms with Crippen molar-refractivity contribution in [1.82, 2.24) is 5.32 Å². The van der Waals surface area contributed by atoms with Gasteiger partial charge in [0.1, 0.15) is 6.04 Å². The Morgan fingerprint density at radius 1 is 0.960 bits per heavy atom. The third-order valence-electron chi connectivity index (χ3n) is 4.07. The monoisotopic (exact) mass is 338 g/mol. The van der Waals surface area contributed by atoms with E-state index in [4.69, 9.17) is 0 Å². The number of benzene rings is 2. The fraction of sp³-hybridized carbons (Fsp3) is 0.333. The van der Waals surface area contributed by atoms with E-state index >= 15 is 0 Å². The number of anilines is 1. The third-order valence-corrected chi connectivity index (χ3v) is 4.07. The highest BCUT2D eigenvalue weighted by Crippen LogP contribution is 2.19. The Bertz CT molecular complexity index is 739. The number of carbonyl (C=O) groups is 2. The first-order valence-electron chi connectivity index (χ1n) is 8.59. The van der Waals surface area contributed by atoms with Crippen molar-refractivity contribution in [2.45, 2.75) is 40.2 Å². The summed E-state index contributed by atoms with van der Waals surface area (Å²) in [5.74, 6) is -0.134. The molecule has 2 aromatic carbocycles. The Balaban J connectivity index is 2.20. The second-order valence-corrected chi connectivity index (χ2v) is 6.80. The van der Waals surface area contributed by atoms with Crippen LogP contribution in [-0.2, 0) is 9.59 Å². The van der Waals surface area contributed by atoms with Crippen LogP contribution in [0.25, 0.3) is 0 Å². The molecule has 2 N–H and O–H groups in total. The molecule has 1 atom stereocenters. The summed E-state index contributed by atoms with van der Waals surface area (Å²) in [4.78, 5) is 25.0. The van der Waals surface area contributed by atoms with E-state index in [0.717, 1.165) is 16.8 Å². The molecule has 1 unspecified atom stereocenters. The summed E-state index contributed by atoms with van der Waals surface area (Å²) in [6, 6.07) is 14.4. The van der Waals surface area contributed by atoms with E-state index in [1.165, 1.54) is 5.56 Å². The van der Waals surface area contributed by atoms with Crippen LogP contribution in [0, 0.1) is 19.8 Å². The van der Waals surface area contributed by atoms with Crippen LogP contribution < -0.4 is 10.6 Å². The van der Waals surface area contributed by atoms with E-state index < -0.39 is 6.04 Å². The van der Waals surface area contributed by atoms with Gasteiger partial charge in [0.05, 0.1) is 0 Å². The molecule has 0 spiro atoms. The van der Waals surface area contributed by atoms with Crippen LogP contribution in [0.2, 0.25) is 0 Å². The van der Waals surface area contributed by atoms with Gasteiger partial charge in [0.25, 0.3) is 5.91 Å². The minimum absolute atomic E-state index is 0.126. The van der Waals surface area contributed by atoms with Crippen molar-refractivity contribution in [3.05, 3.63) is 65.2 Å². The predicted molar refractivity (Wildman–Crippen MR) is 101 cm³/mol. The molecule has 132 valence electrons. The molecule has 4 nitrogen and oxygen atoms in total. The molecule has 4 heteroatoms. The molecule has 25 heavy (non-hydrogen) atoms. The van der Waals surface area contributed by atoms with Crippen LogP contribution in [-0.4, -0.2) is 11.8 Å². The minimum atomic E-state index is -0.714. The van der Waals surface area contributed by atoms with Gasteiger partial charge in [-0.2, -0.15) is 0 Å². The van der Waals surface area contributed by atoms with Gasteiger partial charge in [0.2, 0.25) is 5.91 Å². The highest BCUT2D eigenvalue weighted by Gasteiger charge is 2.23. The lowest BCUT2D eigenvalue weighted by Gasteiger charge is -2.20. The zero-order valence-electron chi connectivity index (χ0n) is 15.3. The quantitative estimate of drug-likeness (QED) is 0.831. The van der Waals surface area contributed by atoms with Gasteiger partial charge in [0.15, 0.2) is 0 Å². The maximum absolute atomic E-state index is 12.8. The Labute approximate surface area is 149 Å². The second-order valence-electron chi connectivity index (χ2n) is 6.80. The van der Waals surface area contributed by atoms with Crippen molar-refractivity contribution in [2.24, 2.45) is 5.92 Å². The Kier molecular flexibility index (Phi) is 6.34. The van der Waals surface area contributed by atoms with Gasteiger partial charge in [-0.25, -0.2) is 0 Å². The molecule has 0 saturated heterocycles. The highest BCUT2D eigenvalue weighted by molar-refractivity contribution is 5.98. The van der Waals surface area contributed by atoms with Crippen molar-refractivity contribution in [3.8, 4) is 0 Å². The average molecular weight is 338 g/mol. The molecule has 0 radical (unpaired) electrons. The molecule has 2 rings (SSSR count). The first-order valence-corrected chi connectivity index (χ1v) is 8.59. The lowest BCUT2D eigenvalue weighted by Crippen LogP contribution is -2.37. The summed E-state index contributed by atoms with van der Waals surface area (Å²) in [5.41, 5.74) is 3.77. The third kappa shape index (κ3) is 5.45. The molecule has 0 saturated carbocycles. The van der Waals surface area contributed by atoms with Gasteiger partial charge >= 0.3 is 0 Å². The molecule has 2 amide bonds. The maximum atomic E-state index is 12.8. The lowest BCUT2D eigenvalue weighted by atomic mass is 10.0. The van der Waals surface area contributed by atoms with Crippen molar-refractivity contribution >= 4 is 17.5 Å². The molecule has 0 fully saturated rings. The summed E-state index contributed by atoms with van der Waals surface area (Å²) < 4.78 is 0. The molecule has 0 aliphatic carbocycles. The summed E-state index contributed by atoms with van der Waals surface area (Å²) in [5, 5.41) is 5.77. The summed E-state index contributed by atoms with van der Waals surface area (Å²) in [6.07, 6.45) is 0.389. The van der Waals surface area contributed by atoms with Crippen LogP contribution in [0.3, 0.4) is 0 Å². The fourth-order valence-electron chi connectivity index (χ4n) is 2.57. The average Bonchev–Trinajstić information content (AvgIpc) is 2.56. The Morgan fingerprint density at radius 3 is 2.24 bits per heavy atom. The fourth-order valence-corrected chi connectivity index (χ4v) is 2.57. The van der Waals surface area contributed by atoms with Gasteiger partial charge in [-0.3, -0.25) is 9.59 Å². The van der Waals surface area contributed by atoms with Crippen LogP contribution in [0.5, 0.6) is 0 Å². The van der Waals surface area contributed by atoms with Crippen LogP contribution in [0.4, 0.5) is 5.69 Å². The van der Waals surface area contributed by atoms with E-state index in [1.807, 2.05) is 76.2 Å². The van der Waals surface area contributed by atoms with Gasteiger partial charge < -0.3 is 10.6 Å². The molecular weight excluding hydrogens is 312 g/mol. The van der Waals surface area contributed by atoms with Crippen LogP contribution in [0.1, 0.15) is 43.0 Å². The largest absolute Gasteiger partial charge is 0.341 e. The van der Waals surface area contributed by atoms with Gasteiger partial charge in [-0.1, -0.05) is 50.2 Å². The molecule has 0 bridgehead atoms. The standard InChI is InChI=1S/C21H26N2O2/c1-14(2)12-19(24)23-20(17-8-6-5-7-9-17)21(25)22-18-11-10-15(3)16(4)13-18/h5-11,13-14,20H,12H2,1-4H3,(H,22,25)(H,23,24). The van der Waals surface area contributed by atoms with E-state index in [1.54, 1.807) is 0 Å². The number of carbonyl (C=O) groups excluding carboxylic acids is 2.